The first-order valence-electron chi connectivity index (χ1n) is 10.4. The van der Waals surface area contributed by atoms with Crippen molar-refractivity contribution in [3.8, 4) is 0 Å². The smallest absolute Gasteiger partial charge is 0.243 e. The molecule has 1 aromatic heterocycles. The summed E-state index contributed by atoms with van der Waals surface area (Å²) in [4.78, 5) is 12.9. The molecule has 31 heavy (non-hydrogen) atoms. The molecular weight excluding hydrogens is 440 g/mol. The van der Waals surface area contributed by atoms with E-state index in [-0.39, 0.29) is 16.9 Å². The molecule has 10 nitrogen and oxygen atoms in total. The lowest BCUT2D eigenvalue weighted by Gasteiger charge is -2.16. The molecule has 0 saturated carbocycles. The van der Waals surface area contributed by atoms with Crippen LogP contribution >= 0.6 is 11.8 Å². The standard InChI is InChI=1S/C19H26N6O4S2/c1-14(30-19-21-22-23-25(19)13-16-5-4-12-29-16)18(26)20-15-6-8-17(9-7-15)31(27,28)24-10-2-3-11-24/h6-9,14,16H,2-5,10-13H2,1H3,(H,20,26). The number of hydrogen-bond acceptors (Lipinski definition) is 8. The molecule has 0 bridgehead atoms. The Morgan fingerprint density at radius 2 is 2.00 bits per heavy atom. The quantitative estimate of drug-likeness (QED) is 0.585. The number of aromatic nitrogens is 4. The molecule has 4 rings (SSSR count). The maximum atomic E-state index is 12.6. The molecule has 1 aromatic carbocycles. The highest BCUT2D eigenvalue weighted by Crippen LogP contribution is 2.25. The molecule has 1 amide bonds. The summed E-state index contributed by atoms with van der Waals surface area (Å²) < 4.78 is 34.0. The Morgan fingerprint density at radius 3 is 2.68 bits per heavy atom. The summed E-state index contributed by atoms with van der Waals surface area (Å²) >= 11 is 1.27. The van der Waals surface area contributed by atoms with Gasteiger partial charge in [-0.2, -0.15) is 4.31 Å². The predicted octanol–water partition coefficient (Wildman–Crippen LogP) is 1.76. The molecule has 0 aliphatic carbocycles. The van der Waals surface area contributed by atoms with Gasteiger partial charge in [-0.25, -0.2) is 13.1 Å². The minimum Gasteiger partial charge on any atom is -0.376 e. The first-order valence-corrected chi connectivity index (χ1v) is 12.7. The Hall–Kier alpha value is -2.02. The Morgan fingerprint density at radius 1 is 1.26 bits per heavy atom. The summed E-state index contributed by atoms with van der Waals surface area (Å²) in [6, 6.07) is 6.28. The minimum atomic E-state index is -3.47. The summed E-state index contributed by atoms with van der Waals surface area (Å²) in [5.41, 5.74) is 0.539. The highest BCUT2D eigenvalue weighted by Gasteiger charge is 2.27. The van der Waals surface area contributed by atoms with E-state index in [4.69, 9.17) is 4.74 Å². The van der Waals surface area contributed by atoms with Crippen molar-refractivity contribution in [2.75, 3.05) is 25.0 Å². The second-order valence-corrected chi connectivity index (χ2v) is 10.9. The number of rotatable bonds is 8. The van der Waals surface area contributed by atoms with E-state index in [0.29, 0.717) is 30.5 Å². The molecule has 0 spiro atoms. The number of amides is 1. The second-order valence-electron chi connectivity index (χ2n) is 7.66. The van der Waals surface area contributed by atoms with Crippen LogP contribution in [0.25, 0.3) is 0 Å². The fourth-order valence-corrected chi connectivity index (χ4v) is 5.94. The summed E-state index contributed by atoms with van der Waals surface area (Å²) in [5, 5.41) is 14.7. The summed E-state index contributed by atoms with van der Waals surface area (Å²) in [7, 11) is -3.47. The highest BCUT2D eigenvalue weighted by atomic mass is 32.2. The largest absolute Gasteiger partial charge is 0.376 e. The Balaban J connectivity index is 1.34. The predicted molar refractivity (Wildman–Crippen MR) is 115 cm³/mol. The molecular formula is C19H26N6O4S2. The Bertz CT molecular complexity index is 999. The van der Waals surface area contributed by atoms with Crippen molar-refractivity contribution in [3.05, 3.63) is 24.3 Å². The summed E-state index contributed by atoms with van der Waals surface area (Å²) in [5.74, 6) is -0.216. The molecule has 1 N–H and O–H groups in total. The van der Waals surface area contributed by atoms with Gasteiger partial charge in [0.25, 0.3) is 0 Å². The van der Waals surface area contributed by atoms with Gasteiger partial charge in [-0.15, -0.1) is 5.10 Å². The molecule has 168 valence electrons. The van der Waals surface area contributed by atoms with Crippen LogP contribution in [0.5, 0.6) is 0 Å². The van der Waals surface area contributed by atoms with Crippen molar-refractivity contribution >= 4 is 33.4 Å². The van der Waals surface area contributed by atoms with E-state index in [1.54, 1.807) is 23.7 Å². The van der Waals surface area contributed by atoms with Crippen LogP contribution in [0.2, 0.25) is 0 Å². The monoisotopic (exact) mass is 466 g/mol. The molecule has 2 unspecified atom stereocenters. The Labute approximate surface area is 185 Å². The third-order valence-electron chi connectivity index (χ3n) is 5.38. The first-order chi connectivity index (χ1) is 14.9. The number of sulfonamides is 1. The number of ether oxygens (including phenoxy) is 1. The van der Waals surface area contributed by atoms with Crippen LogP contribution in [-0.2, 0) is 26.1 Å². The van der Waals surface area contributed by atoms with Gasteiger partial charge in [0.05, 0.1) is 22.8 Å². The molecule has 2 aliphatic heterocycles. The lowest BCUT2D eigenvalue weighted by atomic mass is 10.2. The number of tetrazole rings is 1. The molecule has 2 atom stereocenters. The average Bonchev–Trinajstić information content (AvgIpc) is 3.53. The highest BCUT2D eigenvalue weighted by molar-refractivity contribution is 8.00. The van der Waals surface area contributed by atoms with Gasteiger partial charge in [0.2, 0.25) is 21.1 Å². The lowest BCUT2D eigenvalue weighted by molar-refractivity contribution is -0.115. The third kappa shape index (κ3) is 5.25. The van der Waals surface area contributed by atoms with Crippen LogP contribution in [0.1, 0.15) is 32.6 Å². The molecule has 0 radical (unpaired) electrons. The number of nitrogens with zero attached hydrogens (tertiary/aromatic N) is 5. The van der Waals surface area contributed by atoms with Gasteiger partial charge >= 0.3 is 0 Å². The van der Waals surface area contributed by atoms with Crippen LogP contribution in [0.15, 0.2) is 34.3 Å². The molecule has 2 aliphatic rings. The van der Waals surface area contributed by atoms with E-state index >= 15 is 0 Å². The van der Waals surface area contributed by atoms with Gasteiger partial charge in [0, 0.05) is 25.4 Å². The van der Waals surface area contributed by atoms with Crippen LogP contribution < -0.4 is 5.32 Å². The van der Waals surface area contributed by atoms with Gasteiger partial charge in [-0.3, -0.25) is 4.79 Å². The SMILES string of the molecule is CC(Sc1nnnn1CC1CCCO1)C(=O)Nc1ccc(S(=O)(=O)N2CCCC2)cc1. The van der Waals surface area contributed by atoms with Crippen molar-refractivity contribution < 1.29 is 17.9 Å². The van der Waals surface area contributed by atoms with Gasteiger partial charge < -0.3 is 10.1 Å². The zero-order chi connectivity index (χ0) is 21.8. The molecule has 2 fully saturated rings. The fraction of sp³-hybridized carbons (Fsp3) is 0.579. The van der Waals surface area contributed by atoms with Crippen molar-refractivity contribution in [1.29, 1.82) is 0 Å². The number of carbonyl (C=O) groups is 1. The van der Waals surface area contributed by atoms with Gasteiger partial charge in [0.15, 0.2) is 0 Å². The van der Waals surface area contributed by atoms with E-state index in [9.17, 15) is 13.2 Å². The zero-order valence-electron chi connectivity index (χ0n) is 17.3. The maximum Gasteiger partial charge on any atom is 0.243 e. The van der Waals surface area contributed by atoms with Crippen molar-refractivity contribution in [2.24, 2.45) is 0 Å². The number of anilines is 1. The van der Waals surface area contributed by atoms with Gasteiger partial charge in [0.1, 0.15) is 0 Å². The minimum absolute atomic E-state index is 0.0994. The number of thioether (sulfide) groups is 1. The van der Waals surface area contributed by atoms with Gasteiger partial charge in [-0.1, -0.05) is 11.8 Å². The van der Waals surface area contributed by atoms with Crippen LogP contribution in [0, 0.1) is 0 Å². The van der Waals surface area contributed by atoms with E-state index in [1.807, 2.05) is 0 Å². The van der Waals surface area contributed by atoms with Crippen LogP contribution in [-0.4, -0.2) is 69.9 Å². The van der Waals surface area contributed by atoms with Crippen LogP contribution in [0.3, 0.4) is 0 Å². The van der Waals surface area contributed by atoms with Crippen molar-refractivity contribution in [3.63, 3.8) is 0 Å². The van der Waals surface area contributed by atoms with Crippen molar-refractivity contribution in [1.82, 2.24) is 24.5 Å². The molecule has 12 heteroatoms. The van der Waals surface area contributed by atoms with Crippen molar-refractivity contribution in [2.45, 2.75) is 60.6 Å². The van der Waals surface area contributed by atoms with E-state index in [2.05, 4.69) is 20.8 Å². The number of nitrogens with one attached hydrogen (secondary N) is 1. The Kier molecular flexibility index (Phi) is 6.89. The molecule has 2 saturated heterocycles. The average molecular weight is 467 g/mol. The van der Waals surface area contributed by atoms with Gasteiger partial charge in [-0.05, 0) is 67.3 Å². The molecule has 3 heterocycles. The second kappa shape index (κ2) is 9.63. The zero-order valence-corrected chi connectivity index (χ0v) is 18.9. The van der Waals surface area contributed by atoms with E-state index in [1.165, 1.54) is 28.2 Å². The lowest BCUT2D eigenvalue weighted by Crippen LogP contribution is -2.28. The first kappa shape index (κ1) is 22.2. The normalized spacial score (nSPS) is 20.7. The fourth-order valence-electron chi connectivity index (χ4n) is 3.62. The maximum absolute atomic E-state index is 12.6. The number of benzene rings is 1. The van der Waals surface area contributed by atoms with Crippen LogP contribution in [0.4, 0.5) is 5.69 Å². The summed E-state index contributed by atoms with van der Waals surface area (Å²) in [6.07, 6.45) is 3.89. The van der Waals surface area contributed by atoms with E-state index in [0.717, 1.165) is 32.3 Å². The third-order valence-corrected chi connectivity index (χ3v) is 8.36. The summed E-state index contributed by atoms with van der Waals surface area (Å²) in [6.45, 7) is 4.21. The topological polar surface area (TPSA) is 119 Å². The number of hydrogen-bond donors (Lipinski definition) is 1. The molecule has 2 aromatic rings. The van der Waals surface area contributed by atoms with E-state index < -0.39 is 15.3 Å². The number of carbonyl (C=O) groups excluding carboxylic acids is 1.